The molecule has 2 fully saturated rings. The predicted octanol–water partition coefficient (Wildman–Crippen LogP) is -0.0386. The van der Waals surface area contributed by atoms with E-state index in [0.717, 1.165) is 0 Å². The number of carbonyl (C=O) groups excluding carboxylic acids is 1. The summed E-state index contributed by atoms with van der Waals surface area (Å²) in [6.45, 7) is 4.69. The Hall–Kier alpha value is -0.700. The summed E-state index contributed by atoms with van der Waals surface area (Å²) in [7, 11) is -3.66. The maximum Gasteiger partial charge on any atom is 0.324 e. The van der Waals surface area contributed by atoms with Crippen molar-refractivity contribution in [1.29, 1.82) is 0 Å². The first-order valence-electron chi connectivity index (χ1n) is 7.49. The fourth-order valence-electron chi connectivity index (χ4n) is 3.00. The van der Waals surface area contributed by atoms with Gasteiger partial charge in [0.25, 0.3) is 10.2 Å². The second-order valence-electron chi connectivity index (χ2n) is 5.68. The SMILES string of the molecule is CCOC(=O)C1CCCN1S(=O)(=O)N1CCC(C(C)O)C1. The summed E-state index contributed by atoms with van der Waals surface area (Å²) in [5.74, 6) is -0.506. The fraction of sp³-hybridized carbons (Fsp3) is 0.923. The lowest BCUT2D eigenvalue weighted by molar-refractivity contribution is -0.146. The molecule has 0 aromatic heterocycles. The minimum Gasteiger partial charge on any atom is -0.465 e. The van der Waals surface area contributed by atoms with Gasteiger partial charge in [-0.15, -0.1) is 0 Å². The number of ether oxygens (including phenoxy) is 1. The maximum atomic E-state index is 12.7. The van der Waals surface area contributed by atoms with Gasteiger partial charge in [-0.1, -0.05) is 0 Å². The summed E-state index contributed by atoms with van der Waals surface area (Å²) >= 11 is 0. The molecule has 0 aliphatic carbocycles. The molecule has 2 aliphatic heterocycles. The van der Waals surface area contributed by atoms with Crippen LogP contribution >= 0.6 is 0 Å². The van der Waals surface area contributed by atoms with Crippen LogP contribution in [0.5, 0.6) is 0 Å². The van der Waals surface area contributed by atoms with Crippen LogP contribution in [0.15, 0.2) is 0 Å². The van der Waals surface area contributed by atoms with E-state index in [1.165, 1.54) is 8.61 Å². The molecule has 3 unspecified atom stereocenters. The minimum absolute atomic E-state index is 0.0385. The molecule has 1 N–H and O–H groups in total. The van der Waals surface area contributed by atoms with E-state index in [-0.39, 0.29) is 12.5 Å². The van der Waals surface area contributed by atoms with Crippen molar-refractivity contribution in [3.63, 3.8) is 0 Å². The second-order valence-corrected chi connectivity index (χ2v) is 7.56. The van der Waals surface area contributed by atoms with Crippen molar-refractivity contribution in [2.75, 3.05) is 26.2 Å². The zero-order valence-electron chi connectivity index (χ0n) is 12.6. The molecule has 0 aromatic carbocycles. The molecule has 7 nitrogen and oxygen atoms in total. The second kappa shape index (κ2) is 6.60. The number of hydrogen-bond donors (Lipinski definition) is 1. The van der Waals surface area contributed by atoms with Gasteiger partial charge in [0.1, 0.15) is 6.04 Å². The number of nitrogens with zero attached hydrogens (tertiary/aromatic N) is 2. The number of rotatable bonds is 5. The van der Waals surface area contributed by atoms with Gasteiger partial charge in [-0.25, -0.2) is 0 Å². The summed E-state index contributed by atoms with van der Waals surface area (Å²) < 4.78 is 33.0. The van der Waals surface area contributed by atoms with Crippen molar-refractivity contribution in [2.24, 2.45) is 5.92 Å². The number of hydrogen-bond acceptors (Lipinski definition) is 5. The van der Waals surface area contributed by atoms with E-state index < -0.39 is 28.3 Å². The molecule has 0 radical (unpaired) electrons. The van der Waals surface area contributed by atoms with Crippen molar-refractivity contribution < 1.29 is 23.1 Å². The van der Waals surface area contributed by atoms with Crippen LogP contribution in [-0.4, -0.2) is 66.5 Å². The molecule has 2 rings (SSSR count). The molecule has 2 saturated heterocycles. The first-order valence-corrected chi connectivity index (χ1v) is 8.89. The van der Waals surface area contributed by atoms with E-state index in [2.05, 4.69) is 0 Å². The molecule has 3 atom stereocenters. The molecule has 21 heavy (non-hydrogen) atoms. The van der Waals surface area contributed by atoms with E-state index in [1.807, 2.05) is 0 Å². The molecule has 0 aromatic rings. The minimum atomic E-state index is -3.66. The van der Waals surface area contributed by atoms with Crippen LogP contribution in [-0.2, 0) is 19.7 Å². The van der Waals surface area contributed by atoms with Crippen LogP contribution in [0.3, 0.4) is 0 Å². The van der Waals surface area contributed by atoms with E-state index in [0.29, 0.717) is 38.9 Å². The van der Waals surface area contributed by atoms with Gasteiger partial charge in [-0.3, -0.25) is 4.79 Å². The standard InChI is InChI=1S/C13H24N2O5S/c1-3-20-13(17)12-5-4-7-15(12)21(18,19)14-8-6-11(9-14)10(2)16/h10-12,16H,3-9H2,1-2H3. The fourth-order valence-corrected chi connectivity index (χ4v) is 4.88. The van der Waals surface area contributed by atoms with Crippen molar-refractivity contribution in [3.8, 4) is 0 Å². The van der Waals surface area contributed by atoms with Crippen molar-refractivity contribution in [2.45, 2.75) is 45.3 Å². The van der Waals surface area contributed by atoms with Gasteiger partial charge < -0.3 is 9.84 Å². The topological polar surface area (TPSA) is 87.2 Å². The van der Waals surface area contributed by atoms with Crippen LogP contribution < -0.4 is 0 Å². The van der Waals surface area contributed by atoms with E-state index in [1.54, 1.807) is 13.8 Å². The highest BCUT2D eigenvalue weighted by Crippen LogP contribution is 2.29. The molecule has 0 amide bonds. The normalized spacial score (nSPS) is 29.7. The third-order valence-electron chi connectivity index (χ3n) is 4.25. The highest BCUT2D eigenvalue weighted by Gasteiger charge is 2.44. The Morgan fingerprint density at radius 3 is 2.67 bits per heavy atom. The Labute approximate surface area is 126 Å². The quantitative estimate of drug-likeness (QED) is 0.718. The lowest BCUT2D eigenvalue weighted by Crippen LogP contribution is -2.48. The van der Waals surface area contributed by atoms with Gasteiger partial charge >= 0.3 is 5.97 Å². The number of esters is 1. The molecule has 0 bridgehead atoms. The largest absolute Gasteiger partial charge is 0.465 e. The van der Waals surface area contributed by atoms with Crippen LogP contribution in [0.25, 0.3) is 0 Å². The lowest BCUT2D eigenvalue weighted by atomic mass is 10.0. The van der Waals surface area contributed by atoms with Crippen molar-refractivity contribution >= 4 is 16.2 Å². The highest BCUT2D eigenvalue weighted by molar-refractivity contribution is 7.86. The van der Waals surface area contributed by atoms with E-state index in [4.69, 9.17) is 4.74 Å². The maximum absolute atomic E-state index is 12.7. The third kappa shape index (κ3) is 3.39. The Balaban J connectivity index is 2.10. The van der Waals surface area contributed by atoms with Gasteiger partial charge in [0, 0.05) is 19.6 Å². The average molecular weight is 320 g/mol. The first-order chi connectivity index (χ1) is 9.87. The third-order valence-corrected chi connectivity index (χ3v) is 6.27. The zero-order chi connectivity index (χ0) is 15.6. The monoisotopic (exact) mass is 320 g/mol. The first kappa shape index (κ1) is 16.7. The summed E-state index contributed by atoms with van der Waals surface area (Å²) in [5, 5.41) is 9.60. The highest BCUT2D eigenvalue weighted by atomic mass is 32.2. The van der Waals surface area contributed by atoms with Crippen molar-refractivity contribution in [3.05, 3.63) is 0 Å². The molecular weight excluding hydrogens is 296 g/mol. The van der Waals surface area contributed by atoms with Crippen LogP contribution in [0.1, 0.15) is 33.1 Å². The van der Waals surface area contributed by atoms with Gasteiger partial charge in [-0.2, -0.15) is 17.0 Å². The molecular formula is C13H24N2O5S. The van der Waals surface area contributed by atoms with Crippen molar-refractivity contribution in [1.82, 2.24) is 8.61 Å². The molecule has 0 saturated carbocycles. The average Bonchev–Trinajstić information content (AvgIpc) is 3.09. The Kier molecular flexibility index (Phi) is 5.24. The molecule has 2 heterocycles. The molecule has 0 spiro atoms. The molecule has 2 aliphatic rings. The van der Waals surface area contributed by atoms with Crippen LogP contribution in [0.2, 0.25) is 0 Å². The molecule has 122 valence electrons. The predicted molar refractivity (Wildman–Crippen MR) is 76.6 cm³/mol. The summed E-state index contributed by atoms with van der Waals surface area (Å²) in [6, 6.07) is -0.708. The Bertz CT molecular complexity index is 479. The van der Waals surface area contributed by atoms with Gasteiger partial charge in [-0.05, 0) is 39.0 Å². The summed E-state index contributed by atoms with van der Waals surface area (Å²) in [5.41, 5.74) is 0. The molecule has 8 heteroatoms. The Morgan fingerprint density at radius 1 is 1.38 bits per heavy atom. The zero-order valence-corrected chi connectivity index (χ0v) is 13.4. The lowest BCUT2D eigenvalue weighted by Gasteiger charge is -2.27. The smallest absolute Gasteiger partial charge is 0.324 e. The number of carbonyl (C=O) groups is 1. The van der Waals surface area contributed by atoms with Crippen LogP contribution in [0.4, 0.5) is 0 Å². The summed E-state index contributed by atoms with van der Waals surface area (Å²) in [4.78, 5) is 11.9. The summed E-state index contributed by atoms with van der Waals surface area (Å²) in [6.07, 6.45) is 1.29. The van der Waals surface area contributed by atoms with E-state index in [9.17, 15) is 18.3 Å². The Morgan fingerprint density at radius 2 is 2.10 bits per heavy atom. The van der Waals surface area contributed by atoms with E-state index >= 15 is 0 Å². The van der Waals surface area contributed by atoms with Gasteiger partial charge in [0.2, 0.25) is 0 Å². The van der Waals surface area contributed by atoms with Gasteiger partial charge in [0.05, 0.1) is 12.7 Å². The number of aliphatic hydroxyl groups is 1. The van der Waals surface area contributed by atoms with Crippen LogP contribution in [0, 0.1) is 5.92 Å². The van der Waals surface area contributed by atoms with Gasteiger partial charge in [0.15, 0.2) is 0 Å². The number of aliphatic hydroxyl groups excluding tert-OH is 1.